The molecular weight excluding hydrogens is 316 g/mol. The Bertz CT molecular complexity index is 702. The zero-order valence-electron chi connectivity index (χ0n) is 13.3. The Morgan fingerprint density at radius 3 is 2.83 bits per heavy atom. The number of sulfonamides is 1. The molecule has 1 aromatic rings. The van der Waals surface area contributed by atoms with E-state index in [0.717, 1.165) is 17.7 Å². The van der Waals surface area contributed by atoms with E-state index < -0.39 is 10.0 Å². The monoisotopic (exact) mass is 338 g/mol. The first kappa shape index (κ1) is 16.3. The summed E-state index contributed by atoms with van der Waals surface area (Å²) in [6.45, 7) is 4.31. The summed E-state index contributed by atoms with van der Waals surface area (Å²) >= 11 is 0. The second-order valence-electron chi connectivity index (χ2n) is 5.86. The summed E-state index contributed by atoms with van der Waals surface area (Å²) in [4.78, 5) is 13.9. The Balaban J connectivity index is 1.78. The van der Waals surface area contributed by atoms with E-state index in [1.807, 2.05) is 6.92 Å². The van der Waals surface area contributed by atoms with Gasteiger partial charge >= 0.3 is 0 Å². The molecule has 6 nitrogen and oxygen atoms in total. The van der Waals surface area contributed by atoms with Gasteiger partial charge in [-0.25, -0.2) is 8.42 Å². The maximum Gasteiger partial charge on any atom is 0.243 e. The molecule has 0 bridgehead atoms. The highest BCUT2D eigenvalue weighted by atomic mass is 32.2. The molecule has 0 spiro atoms. The van der Waals surface area contributed by atoms with Crippen molar-refractivity contribution >= 4 is 15.9 Å². The van der Waals surface area contributed by atoms with Gasteiger partial charge < -0.3 is 9.64 Å². The normalized spacial score (nSPS) is 19.1. The average molecular weight is 338 g/mol. The van der Waals surface area contributed by atoms with Gasteiger partial charge in [-0.3, -0.25) is 4.79 Å². The molecule has 3 rings (SSSR count). The fraction of sp³-hybridized carbons (Fsp3) is 0.562. The molecule has 0 radical (unpaired) electrons. The van der Waals surface area contributed by atoms with E-state index in [1.165, 1.54) is 4.31 Å². The van der Waals surface area contributed by atoms with Crippen LogP contribution in [0.4, 0.5) is 0 Å². The predicted molar refractivity (Wildman–Crippen MR) is 85.9 cm³/mol. The summed E-state index contributed by atoms with van der Waals surface area (Å²) in [5, 5.41) is 0. The Morgan fingerprint density at radius 2 is 2.04 bits per heavy atom. The topological polar surface area (TPSA) is 66.9 Å². The maximum atomic E-state index is 12.9. The molecule has 7 heteroatoms. The number of hydrogen-bond acceptors (Lipinski definition) is 4. The van der Waals surface area contributed by atoms with Crippen LogP contribution in [0, 0.1) is 0 Å². The molecule has 2 heterocycles. The minimum absolute atomic E-state index is 0.0823. The SMILES string of the molecule is CCC(=O)N1CCCN(S(=O)(=O)c2ccc3c(c2)CCO3)CC1. The lowest BCUT2D eigenvalue weighted by Crippen LogP contribution is -2.37. The Kier molecular flexibility index (Phi) is 4.59. The van der Waals surface area contributed by atoms with Crippen LogP contribution in [0.25, 0.3) is 0 Å². The predicted octanol–water partition coefficient (Wildman–Crippen LogP) is 1.25. The highest BCUT2D eigenvalue weighted by molar-refractivity contribution is 7.89. The van der Waals surface area contributed by atoms with Crippen LogP contribution in [0.1, 0.15) is 25.3 Å². The van der Waals surface area contributed by atoms with Gasteiger partial charge in [-0.15, -0.1) is 0 Å². The van der Waals surface area contributed by atoms with Crippen LogP contribution in [-0.4, -0.2) is 56.3 Å². The Morgan fingerprint density at radius 1 is 1.22 bits per heavy atom. The first-order valence-electron chi connectivity index (χ1n) is 8.06. The summed E-state index contributed by atoms with van der Waals surface area (Å²) in [6, 6.07) is 5.07. The largest absolute Gasteiger partial charge is 0.493 e. The second-order valence-corrected chi connectivity index (χ2v) is 7.80. The van der Waals surface area contributed by atoms with Crippen LogP contribution in [0.15, 0.2) is 23.1 Å². The molecule has 0 N–H and O–H groups in total. The van der Waals surface area contributed by atoms with Crippen LogP contribution >= 0.6 is 0 Å². The smallest absolute Gasteiger partial charge is 0.243 e. The third kappa shape index (κ3) is 3.21. The molecule has 0 aliphatic carbocycles. The Labute approximate surface area is 137 Å². The molecule has 0 saturated carbocycles. The number of amides is 1. The molecular formula is C16H22N2O4S. The number of fused-ring (bicyclic) bond motifs is 1. The fourth-order valence-electron chi connectivity index (χ4n) is 3.08. The molecule has 1 amide bonds. The van der Waals surface area contributed by atoms with Gasteiger partial charge in [0.1, 0.15) is 5.75 Å². The van der Waals surface area contributed by atoms with E-state index in [2.05, 4.69) is 0 Å². The zero-order valence-corrected chi connectivity index (χ0v) is 14.1. The lowest BCUT2D eigenvalue weighted by atomic mass is 10.2. The second kappa shape index (κ2) is 6.49. The highest BCUT2D eigenvalue weighted by Crippen LogP contribution is 2.29. The number of ether oxygens (including phenoxy) is 1. The molecule has 126 valence electrons. The van der Waals surface area contributed by atoms with Crippen molar-refractivity contribution in [2.75, 3.05) is 32.8 Å². The number of hydrogen-bond donors (Lipinski definition) is 0. The van der Waals surface area contributed by atoms with Gasteiger partial charge in [-0.1, -0.05) is 6.92 Å². The quantitative estimate of drug-likeness (QED) is 0.832. The van der Waals surface area contributed by atoms with Crippen LogP contribution < -0.4 is 4.74 Å². The van der Waals surface area contributed by atoms with Gasteiger partial charge in [0.05, 0.1) is 11.5 Å². The van der Waals surface area contributed by atoms with Crippen molar-refractivity contribution in [3.63, 3.8) is 0 Å². The number of carbonyl (C=O) groups excluding carboxylic acids is 1. The molecule has 2 aliphatic heterocycles. The van der Waals surface area contributed by atoms with Gasteiger partial charge in [0.15, 0.2) is 0 Å². The maximum absolute atomic E-state index is 12.9. The summed E-state index contributed by atoms with van der Waals surface area (Å²) < 4.78 is 32.7. The van der Waals surface area contributed by atoms with Crippen molar-refractivity contribution < 1.29 is 17.9 Å². The van der Waals surface area contributed by atoms with Gasteiger partial charge in [-0.05, 0) is 30.2 Å². The standard InChI is InChI=1S/C16H22N2O4S/c1-2-16(19)17-7-3-8-18(10-9-17)23(20,21)14-4-5-15-13(12-14)6-11-22-15/h4-5,12H,2-3,6-11H2,1H3. The minimum Gasteiger partial charge on any atom is -0.493 e. The first-order chi connectivity index (χ1) is 11.0. The number of carbonyl (C=O) groups is 1. The zero-order chi connectivity index (χ0) is 16.4. The van der Waals surface area contributed by atoms with E-state index in [9.17, 15) is 13.2 Å². The Hall–Kier alpha value is -1.60. The van der Waals surface area contributed by atoms with E-state index in [4.69, 9.17) is 4.74 Å². The average Bonchev–Trinajstić information content (AvgIpc) is 2.87. The molecule has 2 aliphatic rings. The van der Waals surface area contributed by atoms with Crippen molar-refractivity contribution in [1.29, 1.82) is 0 Å². The molecule has 0 aromatic heterocycles. The van der Waals surface area contributed by atoms with E-state index in [-0.39, 0.29) is 5.91 Å². The molecule has 23 heavy (non-hydrogen) atoms. The van der Waals surface area contributed by atoms with E-state index >= 15 is 0 Å². The summed E-state index contributed by atoms with van der Waals surface area (Å²) in [5.41, 5.74) is 0.948. The molecule has 0 atom stereocenters. The first-order valence-corrected chi connectivity index (χ1v) is 9.50. The number of rotatable bonds is 3. The fourth-order valence-corrected chi connectivity index (χ4v) is 4.60. The lowest BCUT2D eigenvalue weighted by molar-refractivity contribution is -0.130. The number of nitrogens with zero attached hydrogens (tertiary/aromatic N) is 2. The summed E-state index contributed by atoms with van der Waals surface area (Å²) in [5.74, 6) is 0.860. The summed E-state index contributed by atoms with van der Waals surface area (Å²) in [7, 11) is -3.52. The molecule has 1 aromatic carbocycles. The van der Waals surface area contributed by atoms with Crippen molar-refractivity contribution in [3.05, 3.63) is 23.8 Å². The third-order valence-corrected chi connectivity index (χ3v) is 6.30. The van der Waals surface area contributed by atoms with Gasteiger partial charge in [0, 0.05) is 39.0 Å². The highest BCUT2D eigenvalue weighted by Gasteiger charge is 2.29. The van der Waals surface area contributed by atoms with Gasteiger partial charge in [0.25, 0.3) is 0 Å². The van der Waals surface area contributed by atoms with Crippen molar-refractivity contribution in [2.24, 2.45) is 0 Å². The van der Waals surface area contributed by atoms with Crippen LogP contribution in [0.5, 0.6) is 5.75 Å². The minimum atomic E-state index is -3.52. The van der Waals surface area contributed by atoms with Gasteiger partial charge in [0.2, 0.25) is 15.9 Å². The van der Waals surface area contributed by atoms with Crippen molar-refractivity contribution in [1.82, 2.24) is 9.21 Å². The molecule has 0 unspecified atom stereocenters. The summed E-state index contributed by atoms with van der Waals surface area (Å²) in [6.07, 6.45) is 1.87. The van der Waals surface area contributed by atoms with Crippen LogP contribution in [0.2, 0.25) is 0 Å². The van der Waals surface area contributed by atoms with Crippen LogP contribution in [-0.2, 0) is 21.2 Å². The third-order valence-electron chi connectivity index (χ3n) is 4.41. The van der Waals surface area contributed by atoms with Gasteiger partial charge in [-0.2, -0.15) is 4.31 Å². The number of benzene rings is 1. The van der Waals surface area contributed by atoms with Crippen LogP contribution in [0.3, 0.4) is 0 Å². The molecule has 1 saturated heterocycles. The van der Waals surface area contributed by atoms with E-state index in [1.54, 1.807) is 23.1 Å². The van der Waals surface area contributed by atoms with Crippen molar-refractivity contribution in [2.45, 2.75) is 31.1 Å². The lowest BCUT2D eigenvalue weighted by Gasteiger charge is -2.21. The van der Waals surface area contributed by atoms with Crippen molar-refractivity contribution in [3.8, 4) is 5.75 Å². The van der Waals surface area contributed by atoms with E-state index in [0.29, 0.717) is 50.5 Å². The molecule has 1 fully saturated rings.